The molecule has 0 aliphatic carbocycles. The number of amides is 2. The molecule has 0 radical (unpaired) electrons. The van der Waals surface area contributed by atoms with Gasteiger partial charge in [0.15, 0.2) is 0 Å². The van der Waals surface area contributed by atoms with Gasteiger partial charge < -0.3 is 25.2 Å². The van der Waals surface area contributed by atoms with E-state index in [2.05, 4.69) is 10.6 Å². The second kappa shape index (κ2) is 6.01. The minimum atomic E-state index is -1.14. The van der Waals surface area contributed by atoms with Crippen molar-refractivity contribution < 1.29 is 24.2 Å². The number of ether oxygens (including phenoxy) is 2. The Bertz CT molecular complexity index is 552. The van der Waals surface area contributed by atoms with Crippen LogP contribution in [0.5, 0.6) is 5.75 Å². The Morgan fingerprint density at radius 2 is 2.19 bits per heavy atom. The molecule has 21 heavy (non-hydrogen) atoms. The summed E-state index contributed by atoms with van der Waals surface area (Å²) in [6.07, 6.45) is 0.717. The second-order valence-corrected chi connectivity index (χ2v) is 5.16. The summed E-state index contributed by atoms with van der Waals surface area (Å²) < 4.78 is 10.2. The third-order valence-electron chi connectivity index (χ3n) is 3.34. The normalized spacial score (nSPS) is 20.9. The minimum Gasteiger partial charge on any atom is -0.497 e. The van der Waals surface area contributed by atoms with Crippen LogP contribution in [0.15, 0.2) is 18.2 Å². The number of aromatic carboxylic acids is 1. The van der Waals surface area contributed by atoms with E-state index in [9.17, 15) is 14.7 Å². The lowest BCUT2D eigenvalue weighted by Gasteiger charge is -2.23. The fourth-order valence-electron chi connectivity index (χ4n) is 2.13. The summed E-state index contributed by atoms with van der Waals surface area (Å²) in [6.45, 7) is 2.92. The van der Waals surface area contributed by atoms with Crippen LogP contribution in [-0.2, 0) is 4.74 Å². The van der Waals surface area contributed by atoms with Gasteiger partial charge in [-0.05, 0) is 31.5 Å². The predicted octanol–water partition coefficient (Wildman–Crippen LogP) is 1.69. The summed E-state index contributed by atoms with van der Waals surface area (Å²) in [5.74, 6) is -0.728. The van der Waals surface area contributed by atoms with Crippen molar-refractivity contribution in [2.24, 2.45) is 0 Å². The first-order valence-corrected chi connectivity index (χ1v) is 6.52. The average Bonchev–Trinajstić information content (AvgIpc) is 2.85. The van der Waals surface area contributed by atoms with Gasteiger partial charge in [-0.25, -0.2) is 9.59 Å². The van der Waals surface area contributed by atoms with Crippen molar-refractivity contribution in [1.82, 2.24) is 5.32 Å². The van der Waals surface area contributed by atoms with Crippen molar-refractivity contribution in [2.45, 2.75) is 18.9 Å². The molecule has 1 aliphatic rings. The van der Waals surface area contributed by atoms with Gasteiger partial charge in [0.05, 0.1) is 30.5 Å². The Labute approximate surface area is 122 Å². The van der Waals surface area contributed by atoms with Gasteiger partial charge in [-0.3, -0.25) is 0 Å². The molecular weight excluding hydrogens is 276 g/mol. The highest BCUT2D eigenvalue weighted by Gasteiger charge is 2.31. The van der Waals surface area contributed by atoms with Gasteiger partial charge in [-0.1, -0.05) is 0 Å². The number of urea groups is 1. The Morgan fingerprint density at radius 3 is 2.76 bits per heavy atom. The van der Waals surface area contributed by atoms with Gasteiger partial charge in [0.25, 0.3) is 0 Å². The van der Waals surface area contributed by atoms with E-state index in [0.29, 0.717) is 19.0 Å². The molecule has 1 atom stereocenters. The van der Waals surface area contributed by atoms with Gasteiger partial charge in [0, 0.05) is 6.61 Å². The zero-order valence-corrected chi connectivity index (χ0v) is 11.9. The number of carboxylic acid groups (broad SMARTS) is 1. The lowest BCUT2D eigenvalue weighted by molar-refractivity contribution is 0.0697. The van der Waals surface area contributed by atoms with Gasteiger partial charge >= 0.3 is 12.0 Å². The molecule has 114 valence electrons. The Balaban J connectivity index is 2.11. The molecule has 0 bridgehead atoms. The number of methoxy groups -OCH3 is 1. The van der Waals surface area contributed by atoms with E-state index in [-0.39, 0.29) is 11.3 Å². The molecule has 1 fully saturated rings. The predicted molar refractivity (Wildman–Crippen MR) is 75.9 cm³/mol. The average molecular weight is 294 g/mol. The van der Waals surface area contributed by atoms with Crippen LogP contribution in [-0.4, -0.2) is 43.0 Å². The Kier molecular flexibility index (Phi) is 4.32. The van der Waals surface area contributed by atoms with Gasteiger partial charge in [0.1, 0.15) is 5.75 Å². The fourth-order valence-corrected chi connectivity index (χ4v) is 2.13. The second-order valence-electron chi connectivity index (χ2n) is 5.16. The van der Waals surface area contributed by atoms with E-state index in [1.165, 1.54) is 19.2 Å². The van der Waals surface area contributed by atoms with Crippen LogP contribution in [0.1, 0.15) is 23.7 Å². The molecule has 2 rings (SSSR count). The minimum absolute atomic E-state index is 0.0303. The zero-order valence-electron chi connectivity index (χ0n) is 11.9. The number of carboxylic acids is 1. The topological polar surface area (TPSA) is 96.9 Å². The highest BCUT2D eigenvalue weighted by Crippen LogP contribution is 2.23. The molecule has 2 amide bonds. The van der Waals surface area contributed by atoms with Crippen LogP contribution in [0.3, 0.4) is 0 Å². The number of hydrogen-bond acceptors (Lipinski definition) is 4. The number of benzene rings is 1. The van der Waals surface area contributed by atoms with E-state index in [1.807, 2.05) is 6.92 Å². The largest absolute Gasteiger partial charge is 0.497 e. The third kappa shape index (κ3) is 3.63. The van der Waals surface area contributed by atoms with E-state index in [1.54, 1.807) is 6.07 Å². The maximum Gasteiger partial charge on any atom is 0.337 e. The molecule has 3 N–H and O–H groups in total. The quantitative estimate of drug-likeness (QED) is 0.785. The molecule has 1 unspecified atom stereocenters. The lowest BCUT2D eigenvalue weighted by Crippen LogP contribution is -2.48. The van der Waals surface area contributed by atoms with Gasteiger partial charge in [-0.15, -0.1) is 0 Å². The summed E-state index contributed by atoms with van der Waals surface area (Å²) in [4.78, 5) is 23.2. The Hall–Kier alpha value is -2.28. The highest BCUT2D eigenvalue weighted by molar-refractivity contribution is 6.00. The maximum atomic E-state index is 12.0. The molecular formula is C14H18N2O5. The molecule has 1 heterocycles. The van der Waals surface area contributed by atoms with Crippen LogP contribution in [0.25, 0.3) is 0 Å². The molecule has 7 heteroatoms. The van der Waals surface area contributed by atoms with Crippen LogP contribution >= 0.6 is 0 Å². The number of rotatable bonds is 4. The molecule has 1 saturated heterocycles. The first kappa shape index (κ1) is 15.1. The molecule has 7 nitrogen and oxygen atoms in total. The van der Waals surface area contributed by atoms with Crippen molar-refractivity contribution in [1.29, 1.82) is 0 Å². The van der Waals surface area contributed by atoms with Crippen molar-refractivity contribution >= 4 is 17.7 Å². The van der Waals surface area contributed by atoms with E-state index >= 15 is 0 Å². The first-order valence-electron chi connectivity index (χ1n) is 6.52. The van der Waals surface area contributed by atoms with E-state index in [0.717, 1.165) is 6.42 Å². The summed E-state index contributed by atoms with van der Waals surface area (Å²) in [6, 6.07) is 3.98. The van der Waals surface area contributed by atoms with Crippen LogP contribution in [0.4, 0.5) is 10.5 Å². The number of hydrogen-bond donors (Lipinski definition) is 3. The van der Waals surface area contributed by atoms with Crippen molar-refractivity contribution in [3.63, 3.8) is 0 Å². The monoisotopic (exact) mass is 294 g/mol. The highest BCUT2D eigenvalue weighted by atomic mass is 16.5. The number of carbonyl (C=O) groups excluding carboxylic acids is 1. The summed E-state index contributed by atoms with van der Waals surface area (Å²) >= 11 is 0. The summed E-state index contributed by atoms with van der Waals surface area (Å²) in [5.41, 5.74) is -0.249. The summed E-state index contributed by atoms with van der Waals surface area (Å²) in [7, 11) is 1.45. The molecule has 0 aromatic heterocycles. The number of carbonyl (C=O) groups is 2. The molecule has 1 aromatic carbocycles. The molecule has 1 aliphatic heterocycles. The standard InChI is InChI=1S/C14H18N2O5/c1-14(5-6-21-8-14)16-13(19)15-11-4-3-9(20-2)7-10(11)12(17)18/h3-4,7H,5-6,8H2,1-2H3,(H,17,18)(H2,15,16,19). The zero-order chi connectivity index (χ0) is 15.5. The van der Waals surface area contributed by atoms with Crippen LogP contribution in [0, 0.1) is 0 Å². The van der Waals surface area contributed by atoms with Gasteiger partial charge in [-0.2, -0.15) is 0 Å². The van der Waals surface area contributed by atoms with Crippen molar-refractivity contribution in [3.8, 4) is 5.75 Å². The lowest BCUT2D eigenvalue weighted by atomic mass is 10.0. The maximum absolute atomic E-state index is 12.0. The Morgan fingerprint density at radius 1 is 1.43 bits per heavy atom. The molecule has 1 aromatic rings. The SMILES string of the molecule is COc1ccc(NC(=O)NC2(C)CCOC2)c(C(=O)O)c1. The van der Waals surface area contributed by atoms with Crippen LogP contribution in [0.2, 0.25) is 0 Å². The smallest absolute Gasteiger partial charge is 0.337 e. The molecule has 0 spiro atoms. The third-order valence-corrected chi connectivity index (χ3v) is 3.34. The first-order chi connectivity index (χ1) is 9.93. The van der Waals surface area contributed by atoms with E-state index < -0.39 is 17.5 Å². The summed E-state index contributed by atoms with van der Waals surface area (Å²) in [5, 5.41) is 14.5. The van der Waals surface area contributed by atoms with Gasteiger partial charge in [0.2, 0.25) is 0 Å². The van der Waals surface area contributed by atoms with Crippen molar-refractivity contribution in [2.75, 3.05) is 25.6 Å². The number of nitrogens with one attached hydrogen (secondary N) is 2. The van der Waals surface area contributed by atoms with Crippen LogP contribution < -0.4 is 15.4 Å². The number of anilines is 1. The molecule has 0 saturated carbocycles. The van der Waals surface area contributed by atoms with Crippen molar-refractivity contribution in [3.05, 3.63) is 23.8 Å². The fraction of sp³-hybridized carbons (Fsp3) is 0.429. The van der Waals surface area contributed by atoms with E-state index in [4.69, 9.17) is 9.47 Å².